The second-order valence-electron chi connectivity index (χ2n) is 5.15. The van der Waals surface area contributed by atoms with Crippen LogP contribution in [0.25, 0.3) is 0 Å². The number of para-hydroxylation sites is 1. The molecule has 2 rings (SSSR count). The van der Waals surface area contributed by atoms with Crippen molar-refractivity contribution in [3.8, 4) is 6.07 Å². The van der Waals surface area contributed by atoms with Gasteiger partial charge in [0.05, 0.1) is 12.5 Å². The summed E-state index contributed by atoms with van der Waals surface area (Å²) in [6, 6.07) is 9.84. The summed E-state index contributed by atoms with van der Waals surface area (Å²) in [6.45, 7) is 0.825. The van der Waals surface area contributed by atoms with Gasteiger partial charge in [0, 0.05) is 38.7 Å². The largest absolute Gasteiger partial charge is 0.345 e. The average molecular weight is 285 g/mol. The van der Waals surface area contributed by atoms with Crippen molar-refractivity contribution in [2.75, 3.05) is 25.0 Å². The van der Waals surface area contributed by atoms with Gasteiger partial charge in [0.25, 0.3) is 0 Å². The molecule has 0 fully saturated rings. The van der Waals surface area contributed by atoms with Crippen LogP contribution in [0.4, 0.5) is 5.69 Å². The summed E-state index contributed by atoms with van der Waals surface area (Å²) < 4.78 is 0. The fourth-order valence-corrected chi connectivity index (χ4v) is 2.48. The first kappa shape index (κ1) is 15.0. The fourth-order valence-electron chi connectivity index (χ4n) is 2.48. The fraction of sp³-hybridized carbons (Fsp3) is 0.438. The van der Waals surface area contributed by atoms with E-state index in [1.807, 2.05) is 30.3 Å². The summed E-state index contributed by atoms with van der Waals surface area (Å²) in [6.07, 6.45) is 1.87. The van der Waals surface area contributed by atoms with Crippen molar-refractivity contribution in [1.29, 1.82) is 5.26 Å². The van der Waals surface area contributed by atoms with Crippen LogP contribution in [0.5, 0.6) is 0 Å². The van der Waals surface area contributed by atoms with E-state index in [4.69, 9.17) is 5.26 Å². The molecule has 0 saturated heterocycles. The topological polar surface area (TPSA) is 64.4 Å². The van der Waals surface area contributed by atoms with Gasteiger partial charge in [-0.3, -0.25) is 9.59 Å². The van der Waals surface area contributed by atoms with E-state index in [-0.39, 0.29) is 18.2 Å². The molecule has 0 radical (unpaired) electrons. The Hall–Kier alpha value is -2.35. The first-order valence-corrected chi connectivity index (χ1v) is 7.12. The summed E-state index contributed by atoms with van der Waals surface area (Å²) >= 11 is 0. The van der Waals surface area contributed by atoms with Crippen LogP contribution in [0.15, 0.2) is 24.3 Å². The van der Waals surface area contributed by atoms with E-state index in [9.17, 15) is 9.59 Å². The zero-order chi connectivity index (χ0) is 15.2. The summed E-state index contributed by atoms with van der Waals surface area (Å²) in [5.74, 6) is 0.0299. The number of nitriles is 1. The molecule has 0 saturated carbocycles. The number of benzene rings is 1. The quantitative estimate of drug-likeness (QED) is 0.827. The predicted molar refractivity (Wildman–Crippen MR) is 79.6 cm³/mol. The molecule has 1 aromatic rings. The first-order valence-electron chi connectivity index (χ1n) is 7.12. The number of hydrogen-bond donors (Lipinski definition) is 0. The molecule has 0 unspecified atom stereocenters. The molecule has 5 nitrogen and oxygen atoms in total. The molecule has 0 aliphatic carbocycles. The van der Waals surface area contributed by atoms with Gasteiger partial charge in [-0.2, -0.15) is 5.26 Å². The number of fused-ring (bicyclic) bond motifs is 1. The second-order valence-corrected chi connectivity index (χ2v) is 5.15. The van der Waals surface area contributed by atoms with Crippen molar-refractivity contribution in [2.24, 2.45) is 0 Å². The number of hydrogen-bond acceptors (Lipinski definition) is 3. The van der Waals surface area contributed by atoms with Gasteiger partial charge in [0.15, 0.2) is 0 Å². The van der Waals surface area contributed by atoms with Gasteiger partial charge in [-0.1, -0.05) is 18.2 Å². The molecular formula is C16H19N3O2. The molecule has 1 aliphatic rings. The van der Waals surface area contributed by atoms with E-state index in [0.717, 1.165) is 17.7 Å². The van der Waals surface area contributed by atoms with Crippen LogP contribution in [0.2, 0.25) is 0 Å². The first-order chi connectivity index (χ1) is 10.1. The third-order valence-corrected chi connectivity index (χ3v) is 3.73. The Balaban J connectivity index is 1.98. The van der Waals surface area contributed by atoms with Crippen LogP contribution >= 0.6 is 0 Å². The van der Waals surface area contributed by atoms with Crippen molar-refractivity contribution in [1.82, 2.24) is 4.90 Å². The molecule has 0 bridgehead atoms. The Morgan fingerprint density at radius 1 is 1.38 bits per heavy atom. The molecule has 1 aliphatic heterocycles. The lowest BCUT2D eigenvalue weighted by atomic mass is 10.0. The molecule has 110 valence electrons. The maximum absolute atomic E-state index is 12.1. The van der Waals surface area contributed by atoms with Crippen molar-refractivity contribution < 1.29 is 9.59 Å². The number of carbonyl (C=O) groups excluding carboxylic acids is 2. The molecule has 0 N–H and O–H groups in total. The third kappa shape index (κ3) is 3.60. The number of amides is 2. The summed E-state index contributed by atoms with van der Waals surface area (Å²) in [4.78, 5) is 27.3. The van der Waals surface area contributed by atoms with Gasteiger partial charge in [-0.15, -0.1) is 0 Å². The Bertz CT molecular complexity index is 577. The monoisotopic (exact) mass is 285 g/mol. The highest BCUT2D eigenvalue weighted by atomic mass is 16.2. The second kappa shape index (κ2) is 6.89. The zero-order valence-electron chi connectivity index (χ0n) is 12.2. The standard InChI is InChI=1S/C16H19N3O2/c1-18(11-4-10-17)15(20)9-12-19-14-6-3-2-5-13(14)7-8-16(19)21/h2-3,5-6H,4,7-9,11-12H2,1H3. The molecule has 0 atom stereocenters. The molecule has 0 spiro atoms. The molecule has 1 aromatic carbocycles. The molecule has 21 heavy (non-hydrogen) atoms. The van der Waals surface area contributed by atoms with Crippen LogP contribution in [0.3, 0.4) is 0 Å². The minimum Gasteiger partial charge on any atom is -0.345 e. The van der Waals surface area contributed by atoms with Crippen LogP contribution in [0, 0.1) is 11.3 Å². The number of nitrogens with zero attached hydrogens (tertiary/aromatic N) is 3. The van der Waals surface area contributed by atoms with Crippen LogP contribution in [-0.4, -0.2) is 36.9 Å². The lowest BCUT2D eigenvalue weighted by Gasteiger charge is -2.29. The van der Waals surface area contributed by atoms with Crippen LogP contribution in [-0.2, 0) is 16.0 Å². The zero-order valence-corrected chi connectivity index (χ0v) is 12.2. The molecule has 1 heterocycles. The minimum absolute atomic E-state index is 0.0406. The molecular weight excluding hydrogens is 266 g/mol. The molecule has 0 aromatic heterocycles. The van der Waals surface area contributed by atoms with E-state index in [2.05, 4.69) is 0 Å². The highest BCUT2D eigenvalue weighted by molar-refractivity contribution is 5.96. The normalized spacial score (nSPS) is 13.5. The number of rotatable bonds is 5. The smallest absolute Gasteiger partial charge is 0.227 e. The Morgan fingerprint density at radius 3 is 2.90 bits per heavy atom. The maximum Gasteiger partial charge on any atom is 0.227 e. The van der Waals surface area contributed by atoms with Crippen molar-refractivity contribution in [2.45, 2.75) is 25.7 Å². The Morgan fingerprint density at radius 2 is 2.14 bits per heavy atom. The average Bonchev–Trinajstić information content (AvgIpc) is 2.51. The van der Waals surface area contributed by atoms with E-state index in [1.165, 1.54) is 0 Å². The van der Waals surface area contributed by atoms with Gasteiger partial charge in [0.2, 0.25) is 11.8 Å². The van der Waals surface area contributed by atoms with Gasteiger partial charge in [0.1, 0.15) is 0 Å². The lowest BCUT2D eigenvalue weighted by molar-refractivity contribution is -0.129. The molecule has 2 amide bonds. The minimum atomic E-state index is -0.0406. The number of aryl methyl sites for hydroxylation is 1. The van der Waals surface area contributed by atoms with E-state index in [0.29, 0.717) is 25.9 Å². The Labute approximate surface area is 124 Å². The summed E-state index contributed by atoms with van der Waals surface area (Å²) in [7, 11) is 1.69. The maximum atomic E-state index is 12.1. The number of carbonyl (C=O) groups is 2. The van der Waals surface area contributed by atoms with Crippen molar-refractivity contribution in [3.63, 3.8) is 0 Å². The van der Waals surface area contributed by atoms with Gasteiger partial charge < -0.3 is 9.80 Å². The SMILES string of the molecule is CN(CCC#N)C(=O)CCN1C(=O)CCc2ccccc21. The Kier molecular flexibility index (Phi) is 4.94. The van der Waals surface area contributed by atoms with Crippen LogP contribution < -0.4 is 4.90 Å². The number of anilines is 1. The van der Waals surface area contributed by atoms with Gasteiger partial charge >= 0.3 is 0 Å². The summed E-state index contributed by atoms with van der Waals surface area (Å²) in [5.41, 5.74) is 2.07. The highest BCUT2D eigenvalue weighted by Gasteiger charge is 2.24. The summed E-state index contributed by atoms with van der Waals surface area (Å²) in [5, 5.41) is 8.53. The van der Waals surface area contributed by atoms with Gasteiger partial charge in [-0.25, -0.2) is 0 Å². The predicted octanol–water partition coefficient (Wildman–Crippen LogP) is 1.73. The molecule has 5 heteroatoms. The van der Waals surface area contributed by atoms with Gasteiger partial charge in [-0.05, 0) is 18.1 Å². The van der Waals surface area contributed by atoms with E-state index >= 15 is 0 Å². The van der Waals surface area contributed by atoms with Crippen LogP contribution in [0.1, 0.15) is 24.8 Å². The van der Waals surface area contributed by atoms with E-state index in [1.54, 1.807) is 16.8 Å². The van der Waals surface area contributed by atoms with Crippen molar-refractivity contribution >= 4 is 17.5 Å². The highest BCUT2D eigenvalue weighted by Crippen LogP contribution is 2.27. The lowest BCUT2D eigenvalue weighted by Crippen LogP contribution is -2.38. The third-order valence-electron chi connectivity index (χ3n) is 3.73. The van der Waals surface area contributed by atoms with E-state index < -0.39 is 0 Å². The van der Waals surface area contributed by atoms with Crippen molar-refractivity contribution in [3.05, 3.63) is 29.8 Å².